The monoisotopic (exact) mass is 272 g/mol. The Hall–Kier alpha value is -1.62. The first-order valence-electron chi connectivity index (χ1n) is 6.42. The van der Waals surface area contributed by atoms with Gasteiger partial charge in [-0.3, -0.25) is 4.98 Å². The van der Waals surface area contributed by atoms with E-state index in [9.17, 15) is 0 Å². The second kappa shape index (κ2) is 5.17. The molecule has 2 aromatic rings. The van der Waals surface area contributed by atoms with Gasteiger partial charge in [0.2, 0.25) is 0 Å². The van der Waals surface area contributed by atoms with Crippen LogP contribution in [0.1, 0.15) is 23.7 Å². The number of pyridine rings is 1. The van der Waals surface area contributed by atoms with Crippen LogP contribution in [-0.2, 0) is 17.9 Å². The Balaban J connectivity index is 2.15. The SMILES string of the molecule is CCc1cnccc1-c1nc2c(c(NC)n1)CSC2. The molecule has 0 amide bonds. The van der Waals surface area contributed by atoms with E-state index in [4.69, 9.17) is 4.98 Å². The molecule has 0 spiro atoms. The van der Waals surface area contributed by atoms with Crippen LogP contribution in [0.5, 0.6) is 0 Å². The summed E-state index contributed by atoms with van der Waals surface area (Å²) in [6.07, 6.45) is 4.64. The van der Waals surface area contributed by atoms with E-state index >= 15 is 0 Å². The van der Waals surface area contributed by atoms with E-state index in [2.05, 4.69) is 22.2 Å². The molecule has 0 fully saturated rings. The average molecular weight is 272 g/mol. The van der Waals surface area contributed by atoms with Crippen molar-refractivity contribution in [3.05, 3.63) is 35.3 Å². The minimum absolute atomic E-state index is 0.810. The van der Waals surface area contributed by atoms with E-state index in [0.717, 1.165) is 35.1 Å². The number of fused-ring (bicyclic) bond motifs is 1. The molecule has 19 heavy (non-hydrogen) atoms. The highest BCUT2D eigenvalue weighted by Gasteiger charge is 2.20. The van der Waals surface area contributed by atoms with Crippen LogP contribution in [0.3, 0.4) is 0 Å². The fraction of sp³-hybridized carbons (Fsp3) is 0.357. The van der Waals surface area contributed by atoms with Gasteiger partial charge in [-0.25, -0.2) is 9.97 Å². The second-order valence-electron chi connectivity index (χ2n) is 4.45. The second-order valence-corrected chi connectivity index (χ2v) is 5.44. The van der Waals surface area contributed by atoms with Gasteiger partial charge in [0, 0.05) is 42.1 Å². The molecule has 0 radical (unpaired) electrons. The largest absolute Gasteiger partial charge is 0.373 e. The summed E-state index contributed by atoms with van der Waals surface area (Å²) in [7, 11) is 1.92. The van der Waals surface area contributed by atoms with E-state index in [-0.39, 0.29) is 0 Å². The van der Waals surface area contributed by atoms with Crippen LogP contribution in [0, 0.1) is 0 Å². The number of aromatic nitrogens is 3. The first-order chi connectivity index (χ1) is 9.33. The molecular formula is C14H16N4S. The Bertz CT molecular complexity index is 612. The molecular weight excluding hydrogens is 256 g/mol. The standard InChI is InChI=1S/C14H16N4S/c1-3-9-6-16-5-4-10(9)14-17-12-8-19-7-11(12)13(15-2)18-14/h4-6H,3,7-8H2,1-2H3,(H,15,17,18). The number of nitrogens with one attached hydrogen (secondary N) is 1. The molecule has 3 rings (SSSR count). The Morgan fingerprint density at radius 2 is 2.21 bits per heavy atom. The lowest BCUT2D eigenvalue weighted by molar-refractivity contribution is 1.04. The summed E-state index contributed by atoms with van der Waals surface area (Å²) in [6, 6.07) is 2.00. The van der Waals surface area contributed by atoms with E-state index in [0.29, 0.717) is 0 Å². The summed E-state index contributed by atoms with van der Waals surface area (Å²) in [4.78, 5) is 13.6. The summed E-state index contributed by atoms with van der Waals surface area (Å²) in [6.45, 7) is 2.13. The van der Waals surface area contributed by atoms with Crippen molar-refractivity contribution >= 4 is 17.6 Å². The van der Waals surface area contributed by atoms with Gasteiger partial charge in [0.15, 0.2) is 5.82 Å². The summed E-state index contributed by atoms with van der Waals surface area (Å²) >= 11 is 1.89. The third-order valence-electron chi connectivity index (χ3n) is 3.34. The lowest BCUT2D eigenvalue weighted by Crippen LogP contribution is -2.04. The molecule has 1 aliphatic rings. The number of hydrogen-bond donors (Lipinski definition) is 1. The molecule has 0 saturated carbocycles. The van der Waals surface area contributed by atoms with E-state index in [1.54, 1.807) is 6.20 Å². The number of thioether (sulfide) groups is 1. The molecule has 3 heterocycles. The predicted molar refractivity (Wildman–Crippen MR) is 79.2 cm³/mol. The molecule has 98 valence electrons. The highest BCUT2D eigenvalue weighted by atomic mass is 32.2. The van der Waals surface area contributed by atoms with E-state index in [1.807, 2.05) is 31.1 Å². The number of nitrogens with zero attached hydrogens (tertiary/aromatic N) is 3. The van der Waals surface area contributed by atoms with Gasteiger partial charge in [-0.2, -0.15) is 11.8 Å². The number of rotatable bonds is 3. The minimum Gasteiger partial charge on any atom is -0.373 e. The van der Waals surface area contributed by atoms with Crippen LogP contribution in [0.25, 0.3) is 11.4 Å². The van der Waals surface area contributed by atoms with Crippen LogP contribution >= 0.6 is 11.8 Å². The van der Waals surface area contributed by atoms with Crippen LogP contribution in [0.15, 0.2) is 18.5 Å². The highest BCUT2D eigenvalue weighted by molar-refractivity contribution is 7.98. The van der Waals surface area contributed by atoms with Crippen molar-refractivity contribution < 1.29 is 0 Å². The van der Waals surface area contributed by atoms with Crippen LogP contribution in [-0.4, -0.2) is 22.0 Å². The lowest BCUT2D eigenvalue weighted by Gasteiger charge is -2.11. The molecule has 5 heteroatoms. The van der Waals surface area contributed by atoms with Crippen LogP contribution in [0.2, 0.25) is 0 Å². The maximum atomic E-state index is 4.74. The maximum Gasteiger partial charge on any atom is 0.162 e. The fourth-order valence-corrected chi connectivity index (χ4v) is 3.35. The molecule has 1 aliphatic heterocycles. The maximum absolute atomic E-state index is 4.74. The Kier molecular flexibility index (Phi) is 3.38. The van der Waals surface area contributed by atoms with Gasteiger partial charge >= 0.3 is 0 Å². The van der Waals surface area contributed by atoms with Gasteiger partial charge in [-0.15, -0.1) is 0 Å². The van der Waals surface area contributed by atoms with E-state index in [1.165, 1.54) is 16.8 Å². The third kappa shape index (κ3) is 2.18. The molecule has 0 saturated heterocycles. The number of anilines is 1. The van der Waals surface area contributed by atoms with Gasteiger partial charge in [0.1, 0.15) is 5.82 Å². The quantitative estimate of drug-likeness (QED) is 0.931. The van der Waals surface area contributed by atoms with Crippen molar-refractivity contribution in [2.75, 3.05) is 12.4 Å². The topological polar surface area (TPSA) is 50.7 Å². The van der Waals surface area contributed by atoms with Crippen molar-refractivity contribution in [3.63, 3.8) is 0 Å². The molecule has 0 aromatic carbocycles. The predicted octanol–water partition coefficient (Wildman–Crippen LogP) is 2.89. The van der Waals surface area contributed by atoms with Gasteiger partial charge in [-0.05, 0) is 18.1 Å². The summed E-state index contributed by atoms with van der Waals surface area (Å²) in [5.41, 5.74) is 4.70. The molecule has 1 N–H and O–H groups in total. The Labute approximate surface area is 117 Å². The Morgan fingerprint density at radius 1 is 1.32 bits per heavy atom. The molecule has 2 aromatic heterocycles. The minimum atomic E-state index is 0.810. The van der Waals surface area contributed by atoms with Gasteiger partial charge < -0.3 is 5.32 Å². The summed E-state index contributed by atoms with van der Waals surface area (Å²) in [5, 5.41) is 3.19. The first-order valence-corrected chi connectivity index (χ1v) is 7.57. The van der Waals surface area contributed by atoms with Crippen molar-refractivity contribution in [1.29, 1.82) is 0 Å². The molecule has 0 unspecified atom stereocenters. The number of hydrogen-bond acceptors (Lipinski definition) is 5. The summed E-state index contributed by atoms with van der Waals surface area (Å²) in [5.74, 6) is 3.75. The molecule has 0 aliphatic carbocycles. The summed E-state index contributed by atoms with van der Waals surface area (Å²) < 4.78 is 0. The average Bonchev–Trinajstić information content (AvgIpc) is 2.94. The third-order valence-corrected chi connectivity index (χ3v) is 4.31. The van der Waals surface area contributed by atoms with Crippen molar-refractivity contribution in [2.24, 2.45) is 0 Å². The normalized spacial score (nSPS) is 13.4. The van der Waals surface area contributed by atoms with Gasteiger partial charge in [0.25, 0.3) is 0 Å². The zero-order chi connectivity index (χ0) is 13.2. The smallest absolute Gasteiger partial charge is 0.162 e. The van der Waals surface area contributed by atoms with Gasteiger partial charge in [0.05, 0.1) is 5.69 Å². The Morgan fingerprint density at radius 3 is 3.00 bits per heavy atom. The lowest BCUT2D eigenvalue weighted by atomic mass is 10.1. The van der Waals surface area contributed by atoms with Crippen LogP contribution in [0.4, 0.5) is 5.82 Å². The van der Waals surface area contributed by atoms with Crippen molar-refractivity contribution in [1.82, 2.24) is 15.0 Å². The zero-order valence-electron chi connectivity index (χ0n) is 11.1. The van der Waals surface area contributed by atoms with Crippen molar-refractivity contribution in [3.8, 4) is 11.4 Å². The van der Waals surface area contributed by atoms with Gasteiger partial charge in [-0.1, -0.05) is 6.92 Å². The number of aryl methyl sites for hydroxylation is 1. The highest BCUT2D eigenvalue weighted by Crippen LogP contribution is 2.34. The molecule has 0 atom stereocenters. The van der Waals surface area contributed by atoms with E-state index < -0.39 is 0 Å². The fourth-order valence-electron chi connectivity index (χ4n) is 2.31. The first kappa shape index (κ1) is 12.4. The zero-order valence-corrected chi connectivity index (χ0v) is 11.9. The van der Waals surface area contributed by atoms with Crippen LogP contribution < -0.4 is 5.32 Å². The molecule has 4 nitrogen and oxygen atoms in total. The molecule has 0 bridgehead atoms. The van der Waals surface area contributed by atoms with Crippen molar-refractivity contribution in [2.45, 2.75) is 24.9 Å².